The summed E-state index contributed by atoms with van der Waals surface area (Å²) in [6.07, 6.45) is 92.5. The molecule has 0 amide bonds. The number of hydrogen-bond acceptors (Lipinski definition) is 0. The van der Waals surface area contributed by atoms with Gasteiger partial charge in [-0.25, -0.2) is 0 Å². The van der Waals surface area contributed by atoms with Gasteiger partial charge in [0.1, 0.15) is 0 Å². The van der Waals surface area contributed by atoms with Crippen molar-refractivity contribution in [2.45, 2.75) is 399 Å². The Morgan fingerprint density at radius 2 is 0.513 bits per heavy atom. The number of hydrogen-bond donors (Lipinski definition) is 0. The van der Waals surface area contributed by atoms with E-state index in [0.29, 0.717) is 0 Å². The van der Waals surface area contributed by atoms with Crippen LogP contribution in [-0.2, 0) is 0 Å². The van der Waals surface area contributed by atoms with Gasteiger partial charge in [-0.2, -0.15) is 0 Å². The van der Waals surface area contributed by atoms with E-state index in [-0.39, 0.29) is 0 Å². The molecule has 4 unspecified atom stereocenters. The van der Waals surface area contributed by atoms with E-state index in [1.165, 1.54) is 391 Å². The van der Waals surface area contributed by atoms with Gasteiger partial charge in [0.25, 0.3) is 0 Å². The van der Waals surface area contributed by atoms with Crippen LogP contribution in [0.2, 0.25) is 0 Å². The van der Waals surface area contributed by atoms with Crippen LogP contribution < -0.4 is 0 Å². The van der Waals surface area contributed by atoms with E-state index in [1.807, 2.05) is 0 Å². The molecule has 0 radical (unpaired) electrons. The summed E-state index contributed by atoms with van der Waals surface area (Å²) < 4.78 is 0. The summed E-state index contributed by atoms with van der Waals surface area (Å²) in [6.45, 7) is 29.8. The summed E-state index contributed by atoms with van der Waals surface area (Å²) >= 11 is 0. The molecule has 4 atom stereocenters. The van der Waals surface area contributed by atoms with Crippen molar-refractivity contribution in [1.82, 2.24) is 0 Å². The van der Waals surface area contributed by atoms with Crippen LogP contribution in [0.3, 0.4) is 0 Å². The fourth-order valence-corrected chi connectivity index (χ4v) is 13.5. The molecule has 0 N–H and O–H groups in total. The molecule has 458 valence electrons. The van der Waals surface area contributed by atoms with Crippen molar-refractivity contribution < 1.29 is 0 Å². The van der Waals surface area contributed by atoms with Gasteiger partial charge < -0.3 is 0 Å². The second-order valence-electron chi connectivity index (χ2n) is 26.0. The number of allylic oxidation sites excluding steroid dienone is 6. The van der Waals surface area contributed by atoms with E-state index in [1.54, 1.807) is 5.57 Å². The Kier molecular flexibility index (Phi) is 63.3. The lowest BCUT2D eigenvalue weighted by Gasteiger charge is -2.40. The molecule has 0 fully saturated rings. The van der Waals surface area contributed by atoms with E-state index in [9.17, 15) is 0 Å². The van der Waals surface area contributed by atoms with Gasteiger partial charge in [-0.05, 0) is 127 Å². The maximum absolute atomic E-state index is 5.24. The third-order valence-corrected chi connectivity index (χ3v) is 18.5. The molecule has 0 aliphatic carbocycles. The first kappa shape index (κ1) is 76.4. The van der Waals surface area contributed by atoms with Crippen molar-refractivity contribution in [3.63, 3.8) is 0 Å². The van der Waals surface area contributed by atoms with Gasteiger partial charge in [0.15, 0.2) is 0 Å². The Balaban J connectivity index is 6.63. The lowest BCUT2D eigenvalue weighted by atomic mass is 9.65. The van der Waals surface area contributed by atoms with Crippen LogP contribution in [0.5, 0.6) is 0 Å². The van der Waals surface area contributed by atoms with Gasteiger partial charge in [-0.1, -0.05) is 338 Å². The Bertz CT molecular complexity index is 1250. The summed E-state index contributed by atoms with van der Waals surface area (Å²) in [5, 5.41) is 0. The summed E-state index contributed by atoms with van der Waals surface area (Å²) in [7, 11) is 0. The number of unbranched alkanes of at least 4 members (excludes halogenated alkanes) is 47. The molecule has 0 heterocycles. The average Bonchev–Trinajstić information content (AvgIpc) is 3.44. The second-order valence-corrected chi connectivity index (χ2v) is 26.0. The molecule has 0 aliphatic heterocycles. The molecule has 0 saturated carbocycles. The van der Waals surface area contributed by atoms with Crippen LogP contribution in [0.4, 0.5) is 0 Å². The molecule has 0 saturated heterocycles. The predicted octanol–water partition coefficient (Wildman–Crippen LogP) is 28.8. The van der Waals surface area contributed by atoms with Crippen LogP contribution >= 0.6 is 0 Å². The minimum Gasteiger partial charge on any atom is -0.103 e. The molecule has 0 heteroatoms. The lowest BCUT2D eigenvalue weighted by Crippen LogP contribution is -2.31. The summed E-state index contributed by atoms with van der Waals surface area (Å²) in [5.74, 6) is 3.32. The zero-order valence-electron chi connectivity index (χ0n) is 54.3. The minimum absolute atomic E-state index is 0.722. The van der Waals surface area contributed by atoms with E-state index in [4.69, 9.17) is 6.58 Å². The van der Waals surface area contributed by atoms with Crippen LogP contribution in [-0.4, -0.2) is 0 Å². The zero-order chi connectivity index (χ0) is 56.7. The van der Waals surface area contributed by atoms with E-state index in [2.05, 4.69) is 71.0 Å². The Labute approximate surface area is 495 Å². The van der Waals surface area contributed by atoms with Crippen LogP contribution in [0.15, 0.2) is 74.9 Å². The molecule has 0 rings (SSSR count). The van der Waals surface area contributed by atoms with E-state index < -0.39 is 0 Å². The van der Waals surface area contributed by atoms with E-state index in [0.717, 1.165) is 23.7 Å². The minimum atomic E-state index is 0.722. The van der Waals surface area contributed by atoms with Gasteiger partial charge in [0.2, 0.25) is 0 Å². The normalized spacial score (nSPS) is 13.1. The van der Waals surface area contributed by atoms with Gasteiger partial charge in [0, 0.05) is 0 Å². The molecule has 0 aliphatic rings. The Hall–Kier alpha value is -1.56. The maximum atomic E-state index is 5.24. The van der Waals surface area contributed by atoms with Crippen molar-refractivity contribution in [1.29, 1.82) is 0 Å². The third-order valence-electron chi connectivity index (χ3n) is 18.5. The molecular weight excluding hydrogens is 937 g/mol. The zero-order valence-corrected chi connectivity index (χ0v) is 54.3. The summed E-state index contributed by atoms with van der Waals surface area (Å²) in [4.78, 5) is 0. The van der Waals surface area contributed by atoms with Crippen molar-refractivity contribution in [2.75, 3.05) is 0 Å². The molecule has 0 aromatic carbocycles. The maximum Gasteiger partial charge on any atom is -0.0175 e. The number of rotatable bonds is 69. The highest BCUT2D eigenvalue weighted by Crippen LogP contribution is 2.45. The smallest absolute Gasteiger partial charge is 0.0175 e. The van der Waals surface area contributed by atoms with Crippen LogP contribution in [0.25, 0.3) is 0 Å². The molecule has 0 bridgehead atoms. The fourth-order valence-electron chi connectivity index (χ4n) is 13.5. The van der Waals surface area contributed by atoms with Gasteiger partial charge in [-0.15, -0.1) is 32.9 Å². The molecular formula is C78H146. The largest absolute Gasteiger partial charge is 0.103 e. The van der Waals surface area contributed by atoms with Gasteiger partial charge >= 0.3 is 0 Å². The monoisotopic (exact) mass is 1080 g/mol. The van der Waals surface area contributed by atoms with Crippen molar-refractivity contribution >= 4 is 0 Å². The van der Waals surface area contributed by atoms with Crippen molar-refractivity contribution in [3.8, 4) is 0 Å². The molecule has 0 spiro atoms. The quantitative estimate of drug-likeness (QED) is 0.0421. The average molecular weight is 1080 g/mol. The first-order valence-electron chi connectivity index (χ1n) is 36.2. The van der Waals surface area contributed by atoms with Gasteiger partial charge in [0.05, 0.1) is 0 Å². The van der Waals surface area contributed by atoms with Gasteiger partial charge in [-0.3, -0.25) is 0 Å². The first-order valence-corrected chi connectivity index (χ1v) is 36.2. The summed E-state index contributed by atoms with van der Waals surface area (Å²) in [5.41, 5.74) is 3.05. The highest BCUT2D eigenvalue weighted by atomic mass is 14.4. The Morgan fingerprint density at radius 3 is 0.821 bits per heavy atom. The van der Waals surface area contributed by atoms with Crippen LogP contribution in [0, 0.1) is 23.7 Å². The molecule has 78 heavy (non-hydrogen) atoms. The van der Waals surface area contributed by atoms with Crippen LogP contribution in [0.1, 0.15) is 399 Å². The van der Waals surface area contributed by atoms with Crippen molar-refractivity contribution in [2.24, 2.45) is 23.7 Å². The highest BCUT2D eigenvalue weighted by Gasteiger charge is 2.34. The summed E-state index contributed by atoms with van der Waals surface area (Å²) in [6, 6.07) is 0. The predicted molar refractivity (Wildman–Crippen MR) is 361 cm³/mol. The van der Waals surface area contributed by atoms with Crippen molar-refractivity contribution in [3.05, 3.63) is 74.9 Å². The molecule has 0 aromatic heterocycles. The van der Waals surface area contributed by atoms with E-state index >= 15 is 0 Å². The topological polar surface area (TPSA) is 0 Å². The highest BCUT2D eigenvalue weighted by molar-refractivity contribution is 5.05. The lowest BCUT2D eigenvalue weighted by molar-refractivity contribution is 0.122. The molecule has 0 nitrogen and oxygen atoms in total. The third kappa shape index (κ3) is 53.7. The Morgan fingerprint density at radius 1 is 0.269 bits per heavy atom. The first-order chi connectivity index (χ1) is 38.5. The fraction of sp³-hybridized carbons (Fsp3) is 0.846. The molecule has 0 aromatic rings. The second kappa shape index (κ2) is 64.6. The standard InChI is InChI=1S/C78H146/c1-9-14-19-24-28-32-36-40-47-54-60-67-74(8)76(70-63-56-49-41-37-33-29-25-20-15-10-2)78(72-65-58-51-43-39-35-31-27-22-17-12-4)77(71-64-57-50-42-38-34-30-26-21-16-11-3)75(68-61-52-23-18-13-5)69-62-55-48-45-44-46-53-59-66-73(6)7/h9-12,75-78H,1-4,6,8,13-72H2,5,7H3. The SMILES string of the molecule is C=CCCCCCCCCCCCC(=C)C(CCCCCCCCCCCC=C)C(CCCCCCCCCCCC=C)C(CCCCCCCCCCCC=C)C(CCCCCCC)CCCCCCCCCCC(=C)C.